The minimum atomic E-state index is -4.66. The Morgan fingerprint density at radius 3 is 2.45 bits per heavy atom. The molecule has 176 valence electrons. The molecule has 0 saturated heterocycles. The van der Waals surface area contributed by atoms with Crippen LogP contribution >= 0.6 is 11.8 Å². The lowest BCUT2D eigenvalue weighted by Crippen LogP contribution is -2.41. The molecule has 0 saturated carbocycles. The fourth-order valence-corrected chi connectivity index (χ4v) is 5.08. The summed E-state index contributed by atoms with van der Waals surface area (Å²) in [6.07, 6.45) is -3.10. The van der Waals surface area contributed by atoms with E-state index >= 15 is 0 Å². The number of sulfonamides is 1. The van der Waals surface area contributed by atoms with Crippen molar-refractivity contribution in [2.75, 3.05) is 23.1 Å². The zero-order valence-electron chi connectivity index (χ0n) is 17.3. The molecule has 0 fully saturated rings. The lowest BCUT2D eigenvalue weighted by atomic mass is 10.2. The predicted octanol–water partition coefficient (Wildman–Crippen LogP) is 4.54. The van der Waals surface area contributed by atoms with Gasteiger partial charge in [0.1, 0.15) is 12.3 Å². The third-order valence-corrected chi connectivity index (χ3v) is 7.24. The number of nitrogens with zero attached hydrogens (tertiary/aromatic N) is 1. The summed E-state index contributed by atoms with van der Waals surface area (Å²) in [5.41, 5.74) is -1.26. The lowest BCUT2D eigenvalue weighted by molar-refractivity contribution is -0.137. The fraction of sp³-hybridized carbons (Fsp3) is 0.227. The highest BCUT2D eigenvalue weighted by molar-refractivity contribution is 7.98. The van der Waals surface area contributed by atoms with Crippen LogP contribution in [0.15, 0.2) is 82.3 Å². The summed E-state index contributed by atoms with van der Waals surface area (Å²) in [6, 6.07) is 14.7. The van der Waals surface area contributed by atoms with Gasteiger partial charge in [0.15, 0.2) is 0 Å². The van der Waals surface area contributed by atoms with Crippen molar-refractivity contribution in [1.82, 2.24) is 5.32 Å². The van der Waals surface area contributed by atoms with E-state index in [9.17, 15) is 26.4 Å². The Balaban J connectivity index is 1.74. The van der Waals surface area contributed by atoms with Crippen LogP contribution in [-0.2, 0) is 26.7 Å². The first-order valence-corrected chi connectivity index (χ1v) is 12.4. The van der Waals surface area contributed by atoms with Gasteiger partial charge >= 0.3 is 6.18 Å². The minimum absolute atomic E-state index is 0.135. The van der Waals surface area contributed by atoms with Gasteiger partial charge in [-0.05, 0) is 42.5 Å². The van der Waals surface area contributed by atoms with E-state index < -0.39 is 34.2 Å². The second-order valence-corrected chi connectivity index (χ2v) is 9.82. The number of anilines is 1. The van der Waals surface area contributed by atoms with Gasteiger partial charge < -0.3 is 9.73 Å². The molecule has 6 nitrogen and oxygen atoms in total. The summed E-state index contributed by atoms with van der Waals surface area (Å²) in [6.45, 7) is -0.409. The fourth-order valence-electron chi connectivity index (χ4n) is 2.89. The summed E-state index contributed by atoms with van der Waals surface area (Å²) in [4.78, 5) is 12.4. The van der Waals surface area contributed by atoms with Crippen LogP contribution in [-0.4, -0.2) is 33.2 Å². The molecule has 1 amide bonds. The zero-order valence-corrected chi connectivity index (χ0v) is 18.9. The van der Waals surface area contributed by atoms with Gasteiger partial charge in [0.05, 0.1) is 28.2 Å². The summed E-state index contributed by atoms with van der Waals surface area (Å²) in [7, 11) is -4.29. The highest BCUT2D eigenvalue weighted by Crippen LogP contribution is 2.33. The minimum Gasteiger partial charge on any atom is -0.468 e. The van der Waals surface area contributed by atoms with Gasteiger partial charge in [0, 0.05) is 12.3 Å². The predicted molar refractivity (Wildman–Crippen MR) is 120 cm³/mol. The first-order chi connectivity index (χ1) is 15.7. The number of nitrogens with one attached hydrogen (secondary N) is 1. The van der Waals surface area contributed by atoms with E-state index in [1.54, 1.807) is 18.4 Å². The molecule has 0 unspecified atom stereocenters. The first-order valence-electron chi connectivity index (χ1n) is 9.80. The maximum atomic E-state index is 13.2. The molecule has 1 heterocycles. The normalized spacial score (nSPS) is 11.8. The van der Waals surface area contributed by atoms with Crippen LogP contribution < -0.4 is 9.62 Å². The summed E-state index contributed by atoms with van der Waals surface area (Å²) in [5.74, 6) is 1.31. The van der Waals surface area contributed by atoms with E-state index in [1.165, 1.54) is 42.1 Å². The van der Waals surface area contributed by atoms with Crippen molar-refractivity contribution < 1.29 is 30.8 Å². The number of alkyl halides is 3. The van der Waals surface area contributed by atoms with Crippen LogP contribution in [0.2, 0.25) is 0 Å². The Kier molecular flexibility index (Phi) is 8.09. The number of amides is 1. The molecule has 2 aromatic carbocycles. The van der Waals surface area contributed by atoms with Gasteiger partial charge in [-0.15, -0.1) is 0 Å². The van der Waals surface area contributed by atoms with Crippen molar-refractivity contribution >= 4 is 33.4 Å². The van der Waals surface area contributed by atoms with Crippen LogP contribution in [0, 0.1) is 0 Å². The number of carbonyl (C=O) groups excluding carboxylic acids is 1. The van der Waals surface area contributed by atoms with Gasteiger partial charge in [0.2, 0.25) is 5.91 Å². The molecule has 0 radical (unpaired) electrons. The highest BCUT2D eigenvalue weighted by Gasteiger charge is 2.33. The van der Waals surface area contributed by atoms with Crippen LogP contribution in [0.1, 0.15) is 11.3 Å². The molecule has 3 aromatic rings. The molecule has 0 aliphatic heterocycles. The SMILES string of the molecule is O=C(CN(c1cccc(C(F)(F)F)c1)S(=O)(=O)c1ccccc1)NCCSCc1ccco1. The van der Waals surface area contributed by atoms with Gasteiger partial charge in [-0.25, -0.2) is 8.42 Å². The third kappa shape index (κ3) is 6.78. The number of benzene rings is 2. The van der Waals surface area contributed by atoms with Gasteiger partial charge in [-0.2, -0.15) is 24.9 Å². The van der Waals surface area contributed by atoms with E-state index in [0.717, 1.165) is 17.9 Å². The number of hydrogen-bond acceptors (Lipinski definition) is 5. The molecule has 3 rings (SSSR count). The molecular weight excluding hydrogens is 477 g/mol. The summed E-state index contributed by atoms with van der Waals surface area (Å²) < 4.78 is 71.9. The molecule has 11 heteroatoms. The van der Waals surface area contributed by atoms with E-state index in [-0.39, 0.29) is 17.1 Å². The van der Waals surface area contributed by atoms with Gasteiger partial charge in [-0.1, -0.05) is 24.3 Å². The van der Waals surface area contributed by atoms with Crippen LogP contribution in [0.25, 0.3) is 0 Å². The lowest BCUT2D eigenvalue weighted by Gasteiger charge is -2.25. The number of rotatable bonds is 10. The first kappa shape index (κ1) is 24.7. The third-order valence-electron chi connectivity index (χ3n) is 4.47. The molecule has 33 heavy (non-hydrogen) atoms. The molecule has 0 atom stereocenters. The number of hydrogen-bond donors (Lipinski definition) is 1. The van der Waals surface area contributed by atoms with E-state index in [0.29, 0.717) is 21.9 Å². The Morgan fingerprint density at radius 2 is 1.79 bits per heavy atom. The average molecular weight is 499 g/mol. The molecule has 0 aliphatic carbocycles. The van der Waals surface area contributed by atoms with Crippen LogP contribution in [0.4, 0.5) is 18.9 Å². The van der Waals surface area contributed by atoms with Crippen molar-refractivity contribution in [2.45, 2.75) is 16.8 Å². The van der Waals surface area contributed by atoms with Crippen molar-refractivity contribution in [3.05, 3.63) is 84.3 Å². The van der Waals surface area contributed by atoms with Crippen molar-refractivity contribution in [1.29, 1.82) is 0 Å². The highest BCUT2D eigenvalue weighted by atomic mass is 32.2. The van der Waals surface area contributed by atoms with Gasteiger partial charge in [-0.3, -0.25) is 9.10 Å². The molecule has 1 aromatic heterocycles. The second kappa shape index (κ2) is 10.8. The van der Waals surface area contributed by atoms with Gasteiger partial charge in [0.25, 0.3) is 10.0 Å². The quantitative estimate of drug-likeness (QED) is 0.415. The maximum Gasteiger partial charge on any atom is 0.416 e. The van der Waals surface area contributed by atoms with E-state index in [4.69, 9.17) is 4.42 Å². The topological polar surface area (TPSA) is 79.6 Å². The summed E-state index contributed by atoms with van der Waals surface area (Å²) in [5, 5.41) is 2.61. The Bertz CT molecular complexity index is 1150. The number of thioether (sulfide) groups is 1. The number of halogens is 3. The largest absolute Gasteiger partial charge is 0.468 e. The zero-order chi connectivity index (χ0) is 23.9. The second-order valence-electron chi connectivity index (χ2n) is 6.85. The molecular formula is C22H21F3N2O4S2. The number of furan rings is 1. The standard InChI is InChI=1S/C22H21F3N2O4S2/c23-22(24,25)17-6-4-7-18(14-17)27(33(29,30)20-9-2-1-3-10-20)15-21(28)26-11-13-32-16-19-8-5-12-31-19/h1-10,12,14H,11,13,15-16H2,(H,26,28). The Morgan fingerprint density at radius 1 is 1.03 bits per heavy atom. The monoisotopic (exact) mass is 498 g/mol. The van der Waals surface area contributed by atoms with Crippen molar-refractivity contribution in [3.8, 4) is 0 Å². The molecule has 0 aliphatic rings. The Hall–Kier alpha value is -2.92. The molecule has 0 spiro atoms. The smallest absolute Gasteiger partial charge is 0.416 e. The Labute approximate surface area is 193 Å². The van der Waals surface area contributed by atoms with Crippen LogP contribution in [0.3, 0.4) is 0 Å². The van der Waals surface area contributed by atoms with E-state index in [2.05, 4.69) is 5.32 Å². The summed E-state index contributed by atoms with van der Waals surface area (Å²) >= 11 is 1.51. The molecule has 1 N–H and O–H groups in total. The number of carbonyl (C=O) groups is 1. The van der Waals surface area contributed by atoms with Crippen molar-refractivity contribution in [2.24, 2.45) is 0 Å². The average Bonchev–Trinajstić information content (AvgIpc) is 3.31. The van der Waals surface area contributed by atoms with Crippen molar-refractivity contribution in [3.63, 3.8) is 0 Å². The van der Waals surface area contributed by atoms with E-state index in [1.807, 2.05) is 6.07 Å². The van der Waals surface area contributed by atoms with Crippen LogP contribution in [0.5, 0.6) is 0 Å². The maximum absolute atomic E-state index is 13.2. The molecule has 0 bridgehead atoms.